The van der Waals surface area contributed by atoms with Crippen LogP contribution in [-0.2, 0) is 19.4 Å². The van der Waals surface area contributed by atoms with Crippen molar-refractivity contribution >= 4 is 15.8 Å². The summed E-state index contributed by atoms with van der Waals surface area (Å²) in [7, 11) is -1.35. The van der Waals surface area contributed by atoms with Crippen LogP contribution < -0.4 is 0 Å². The lowest BCUT2D eigenvalue weighted by Crippen LogP contribution is -2.29. The SMILES string of the molecule is CCOC(=O)CN(C)[C@@H](C)c1ccc(S(C)(=O)=O)cc1. The smallest absolute Gasteiger partial charge is 0.320 e. The highest BCUT2D eigenvalue weighted by Crippen LogP contribution is 2.20. The molecule has 0 saturated carbocycles. The van der Waals surface area contributed by atoms with E-state index in [0.29, 0.717) is 11.5 Å². The number of hydrogen-bond donors (Lipinski definition) is 0. The van der Waals surface area contributed by atoms with Crippen LogP contribution in [0.1, 0.15) is 25.5 Å². The van der Waals surface area contributed by atoms with Crippen molar-refractivity contribution < 1.29 is 17.9 Å². The molecule has 0 bridgehead atoms. The molecule has 0 aliphatic heterocycles. The number of rotatable bonds is 6. The van der Waals surface area contributed by atoms with Crippen molar-refractivity contribution in [1.82, 2.24) is 4.90 Å². The maximum absolute atomic E-state index is 11.4. The molecule has 0 spiro atoms. The van der Waals surface area contributed by atoms with E-state index in [2.05, 4.69) is 0 Å². The Kier molecular flexibility index (Phi) is 5.71. The van der Waals surface area contributed by atoms with Crippen molar-refractivity contribution in [3.63, 3.8) is 0 Å². The maximum atomic E-state index is 11.4. The number of sulfone groups is 1. The van der Waals surface area contributed by atoms with Gasteiger partial charge in [-0.25, -0.2) is 8.42 Å². The highest BCUT2D eigenvalue weighted by molar-refractivity contribution is 7.90. The normalized spacial score (nSPS) is 13.2. The zero-order valence-corrected chi connectivity index (χ0v) is 13.1. The van der Waals surface area contributed by atoms with Crippen LogP contribution in [0.4, 0.5) is 0 Å². The minimum atomic E-state index is -3.18. The zero-order chi connectivity index (χ0) is 15.3. The minimum Gasteiger partial charge on any atom is -0.465 e. The molecule has 0 N–H and O–H groups in total. The summed E-state index contributed by atoms with van der Waals surface area (Å²) >= 11 is 0. The minimum absolute atomic E-state index is 0.00647. The third kappa shape index (κ3) is 4.61. The molecule has 1 rings (SSSR count). The first kappa shape index (κ1) is 16.7. The van der Waals surface area contributed by atoms with E-state index in [-0.39, 0.29) is 18.6 Å². The number of esters is 1. The molecule has 1 aromatic carbocycles. The van der Waals surface area contributed by atoms with Gasteiger partial charge in [0, 0.05) is 12.3 Å². The third-order valence-corrected chi connectivity index (χ3v) is 4.26. The molecule has 0 heterocycles. The molecule has 0 radical (unpaired) electrons. The van der Waals surface area contributed by atoms with Gasteiger partial charge in [0.25, 0.3) is 0 Å². The van der Waals surface area contributed by atoms with Crippen LogP contribution in [0.2, 0.25) is 0 Å². The van der Waals surface area contributed by atoms with Crippen molar-refractivity contribution in [2.75, 3.05) is 26.5 Å². The lowest BCUT2D eigenvalue weighted by molar-refractivity contribution is -0.144. The van der Waals surface area contributed by atoms with Crippen LogP contribution >= 0.6 is 0 Å². The fraction of sp³-hybridized carbons (Fsp3) is 0.500. The highest BCUT2D eigenvalue weighted by atomic mass is 32.2. The number of nitrogens with zero attached hydrogens (tertiary/aromatic N) is 1. The quantitative estimate of drug-likeness (QED) is 0.747. The molecule has 1 atom stereocenters. The Hall–Kier alpha value is -1.40. The first-order valence-electron chi connectivity index (χ1n) is 6.41. The average molecular weight is 299 g/mol. The fourth-order valence-electron chi connectivity index (χ4n) is 1.80. The number of hydrogen-bond acceptors (Lipinski definition) is 5. The van der Waals surface area contributed by atoms with Gasteiger partial charge in [-0.3, -0.25) is 9.69 Å². The van der Waals surface area contributed by atoms with Gasteiger partial charge >= 0.3 is 5.97 Å². The standard InChI is InChI=1S/C14H21NO4S/c1-5-19-14(16)10-15(3)11(2)12-6-8-13(9-7-12)20(4,17)18/h6-9,11H,5,10H2,1-4H3/t11-/m0/s1. The van der Waals surface area contributed by atoms with Gasteiger partial charge in [0.2, 0.25) is 0 Å². The van der Waals surface area contributed by atoms with Crippen LogP contribution in [0.15, 0.2) is 29.2 Å². The number of benzene rings is 1. The highest BCUT2D eigenvalue weighted by Gasteiger charge is 2.16. The summed E-state index contributed by atoms with van der Waals surface area (Å²) in [6, 6.07) is 6.69. The predicted molar refractivity (Wildman–Crippen MR) is 77.2 cm³/mol. The van der Waals surface area contributed by atoms with E-state index in [9.17, 15) is 13.2 Å². The number of ether oxygens (including phenoxy) is 1. The Morgan fingerprint density at radius 3 is 2.30 bits per heavy atom. The second-order valence-corrected chi connectivity index (χ2v) is 6.75. The van der Waals surface area contributed by atoms with E-state index in [0.717, 1.165) is 5.56 Å². The molecular weight excluding hydrogens is 278 g/mol. The average Bonchev–Trinajstić information content (AvgIpc) is 2.37. The Bertz CT molecular complexity index is 551. The summed E-state index contributed by atoms with van der Waals surface area (Å²) in [5.41, 5.74) is 0.948. The van der Waals surface area contributed by atoms with Gasteiger partial charge < -0.3 is 4.74 Å². The van der Waals surface area contributed by atoms with Crippen molar-refractivity contribution in [2.24, 2.45) is 0 Å². The van der Waals surface area contributed by atoms with Gasteiger partial charge in [-0.2, -0.15) is 0 Å². The van der Waals surface area contributed by atoms with Gasteiger partial charge in [-0.1, -0.05) is 12.1 Å². The van der Waals surface area contributed by atoms with Gasteiger partial charge in [-0.05, 0) is 38.6 Å². The molecule has 20 heavy (non-hydrogen) atoms. The molecule has 0 aliphatic carbocycles. The lowest BCUT2D eigenvalue weighted by Gasteiger charge is -2.24. The second kappa shape index (κ2) is 6.85. The van der Waals surface area contributed by atoms with Gasteiger partial charge in [0.15, 0.2) is 9.84 Å². The Balaban J connectivity index is 2.77. The molecule has 0 amide bonds. The Morgan fingerprint density at radius 2 is 1.85 bits per heavy atom. The van der Waals surface area contributed by atoms with E-state index >= 15 is 0 Å². The van der Waals surface area contributed by atoms with Crippen molar-refractivity contribution in [3.8, 4) is 0 Å². The second-order valence-electron chi connectivity index (χ2n) is 4.74. The monoisotopic (exact) mass is 299 g/mol. The topological polar surface area (TPSA) is 63.7 Å². The molecule has 112 valence electrons. The molecule has 5 nitrogen and oxygen atoms in total. The molecule has 0 fully saturated rings. The summed E-state index contributed by atoms with van der Waals surface area (Å²) < 4.78 is 27.7. The van der Waals surface area contributed by atoms with Crippen LogP contribution in [-0.4, -0.2) is 45.7 Å². The molecule has 0 saturated heterocycles. The molecule has 0 aromatic heterocycles. The van der Waals surface area contributed by atoms with E-state index in [1.54, 1.807) is 31.2 Å². The third-order valence-electron chi connectivity index (χ3n) is 3.14. The molecule has 6 heteroatoms. The van der Waals surface area contributed by atoms with E-state index in [4.69, 9.17) is 4.74 Å². The van der Waals surface area contributed by atoms with E-state index < -0.39 is 9.84 Å². The molecular formula is C14H21NO4S. The Morgan fingerprint density at radius 1 is 1.30 bits per heavy atom. The first-order chi connectivity index (χ1) is 9.25. The number of likely N-dealkylation sites (N-methyl/N-ethyl adjacent to an activating group) is 1. The van der Waals surface area contributed by atoms with Crippen LogP contribution in [0.3, 0.4) is 0 Å². The van der Waals surface area contributed by atoms with Crippen molar-refractivity contribution in [1.29, 1.82) is 0 Å². The van der Waals surface area contributed by atoms with Crippen LogP contribution in [0, 0.1) is 0 Å². The number of carbonyl (C=O) groups is 1. The van der Waals surface area contributed by atoms with Crippen molar-refractivity contribution in [3.05, 3.63) is 29.8 Å². The fourth-order valence-corrected chi connectivity index (χ4v) is 2.43. The predicted octanol–water partition coefficient (Wildman–Crippen LogP) is 1.65. The molecule has 1 aromatic rings. The number of carbonyl (C=O) groups excluding carboxylic acids is 1. The Labute approximate surface area is 120 Å². The summed E-state index contributed by atoms with van der Waals surface area (Å²) in [4.78, 5) is 13.6. The summed E-state index contributed by atoms with van der Waals surface area (Å²) in [5, 5.41) is 0. The van der Waals surface area contributed by atoms with E-state index in [1.807, 2.05) is 18.9 Å². The molecule has 0 unspecified atom stereocenters. The largest absolute Gasteiger partial charge is 0.465 e. The van der Waals surface area contributed by atoms with Gasteiger partial charge in [0.1, 0.15) is 0 Å². The lowest BCUT2D eigenvalue weighted by atomic mass is 10.1. The van der Waals surface area contributed by atoms with Gasteiger partial charge in [-0.15, -0.1) is 0 Å². The first-order valence-corrected chi connectivity index (χ1v) is 8.30. The maximum Gasteiger partial charge on any atom is 0.320 e. The molecule has 0 aliphatic rings. The van der Waals surface area contributed by atoms with Crippen LogP contribution in [0.5, 0.6) is 0 Å². The summed E-state index contributed by atoms with van der Waals surface area (Å²) in [5.74, 6) is -0.269. The van der Waals surface area contributed by atoms with Crippen LogP contribution in [0.25, 0.3) is 0 Å². The van der Waals surface area contributed by atoms with Crippen molar-refractivity contribution in [2.45, 2.75) is 24.8 Å². The zero-order valence-electron chi connectivity index (χ0n) is 12.3. The summed E-state index contributed by atoms with van der Waals surface area (Å²) in [6.07, 6.45) is 1.18. The van der Waals surface area contributed by atoms with Gasteiger partial charge in [0.05, 0.1) is 18.0 Å². The van der Waals surface area contributed by atoms with E-state index in [1.165, 1.54) is 6.26 Å². The summed E-state index contributed by atoms with van der Waals surface area (Å²) in [6.45, 7) is 4.28.